The lowest BCUT2D eigenvalue weighted by Crippen LogP contribution is -2.20. The van der Waals surface area contributed by atoms with Crippen molar-refractivity contribution in [3.63, 3.8) is 0 Å². The van der Waals surface area contributed by atoms with E-state index >= 15 is 0 Å². The second-order valence-corrected chi connectivity index (χ2v) is 1.48. The first kappa shape index (κ1) is 12.1. The first-order chi connectivity index (χ1) is 4.68. The number of carbonyl (C=O) groups excluding carboxylic acids is 1. The number of hydrogen-bond donors (Lipinski definition) is 2. The molecule has 0 aliphatic rings. The van der Waals surface area contributed by atoms with Gasteiger partial charge in [-0.05, 0) is 6.92 Å². The molecule has 10 heavy (non-hydrogen) atoms. The lowest BCUT2D eigenvalue weighted by molar-refractivity contribution is -0.140. The van der Waals surface area contributed by atoms with E-state index in [2.05, 4.69) is 10.2 Å². The molecule has 0 unspecified atom stereocenters. The number of carbonyl (C=O) groups is 1. The standard InChI is InChI=1S/C4H8O2.C2H8N2/c1-3-6-4(2)5;1-2-4-3/h3H2,1-2H3;4H,2-3H2,1H3. The quantitative estimate of drug-likeness (QED) is 0.329. The molecule has 0 atom stereocenters. The summed E-state index contributed by atoms with van der Waals surface area (Å²) in [5, 5.41) is 0. The Morgan fingerprint density at radius 3 is 2.00 bits per heavy atom. The summed E-state index contributed by atoms with van der Waals surface area (Å²) in [5.41, 5.74) is 2.43. The van der Waals surface area contributed by atoms with Crippen LogP contribution in [0.1, 0.15) is 20.8 Å². The van der Waals surface area contributed by atoms with Crippen LogP contribution in [-0.4, -0.2) is 19.1 Å². The smallest absolute Gasteiger partial charge is 0.302 e. The Labute approximate surface area is 61.7 Å². The number of nitrogens with one attached hydrogen (secondary N) is 1. The third-order valence-corrected chi connectivity index (χ3v) is 0.552. The molecule has 0 aromatic carbocycles. The van der Waals surface area contributed by atoms with Crippen molar-refractivity contribution in [3.05, 3.63) is 0 Å². The molecule has 0 aromatic heterocycles. The van der Waals surface area contributed by atoms with Crippen LogP contribution in [0.15, 0.2) is 0 Å². The van der Waals surface area contributed by atoms with Gasteiger partial charge in [0, 0.05) is 13.5 Å². The van der Waals surface area contributed by atoms with E-state index in [4.69, 9.17) is 5.84 Å². The summed E-state index contributed by atoms with van der Waals surface area (Å²) in [7, 11) is 0. The fraction of sp³-hybridized carbons (Fsp3) is 0.833. The summed E-state index contributed by atoms with van der Waals surface area (Å²) in [4.78, 5) is 9.82. The second-order valence-electron chi connectivity index (χ2n) is 1.48. The number of hydrazine groups is 1. The van der Waals surface area contributed by atoms with E-state index in [0.717, 1.165) is 6.54 Å². The molecule has 0 amide bonds. The fourth-order valence-corrected chi connectivity index (χ4v) is 0.203. The highest BCUT2D eigenvalue weighted by Crippen LogP contribution is 1.69. The number of hydrogen-bond acceptors (Lipinski definition) is 4. The maximum Gasteiger partial charge on any atom is 0.302 e. The van der Waals surface area contributed by atoms with Gasteiger partial charge in [0.1, 0.15) is 0 Å². The number of nitrogens with two attached hydrogens (primary N) is 1. The number of ether oxygens (including phenoxy) is 1. The van der Waals surface area contributed by atoms with Crippen molar-refractivity contribution in [2.75, 3.05) is 13.2 Å². The van der Waals surface area contributed by atoms with Gasteiger partial charge < -0.3 is 4.74 Å². The van der Waals surface area contributed by atoms with E-state index in [1.165, 1.54) is 6.92 Å². The van der Waals surface area contributed by atoms with Gasteiger partial charge in [0.15, 0.2) is 0 Å². The minimum absolute atomic E-state index is 0.211. The Balaban J connectivity index is 0. The summed E-state index contributed by atoms with van der Waals surface area (Å²) in [6.45, 7) is 6.44. The van der Waals surface area contributed by atoms with Gasteiger partial charge in [-0.1, -0.05) is 6.92 Å². The molecule has 0 aromatic rings. The summed E-state index contributed by atoms with van der Waals surface area (Å²) < 4.78 is 4.40. The van der Waals surface area contributed by atoms with Crippen LogP contribution in [0.5, 0.6) is 0 Å². The van der Waals surface area contributed by atoms with Crippen LogP contribution in [0.2, 0.25) is 0 Å². The van der Waals surface area contributed by atoms with Gasteiger partial charge in [0.25, 0.3) is 0 Å². The summed E-state index contributed by atoms with van der Waals surface area (Å²) in [5.74, 6) is 4.57. The van der Waals surface area contributed by atoms with Gasteiger partial charge in [-0.25, -0.2) is 0 Å². The molecular weight excluding hydrogens is 132 g/mol. The van der Waals surface area contributed by atoms with Crippen LogP contribution >= 0.6 is 0 Å². The molecule has 0 rings (SSSR count). The Morgan fingerprint density at radius 2 is 2.00 bits per heavy atom. The van der Waals surface area contributed by atoms with Crippen LogP contribution < -0.4 is 11.3 Å². The molecule has 0 heterocycles. The van der Waals surface area contributed by atoms with Gasteiger partial charge in [0.05, 0.1) is 6.61 Å². The largest absolute Gasteiger partial charge is 0.466 e. The first-order valence-corrected chi connectivity index (χ1v) is 3.25. The number of rotatable bonds is 2. The number of esters is 1. The molecule has 3 N–H and O–H groups in total. The highest BCUT2D eigenvalue weighted by atomic mass is 16.5. The van der Waals surface area contributed by atoms with Crippen LogP contribution in [0.4, 0.5) is 0 Å². The predicted molar refractivity (Wildman–Crippen MR) is 40.2 cm³/mol. The maximum atomic E-state index is 9.82. The Kier molecular flexibility index (Phi) is 13.6. The molecule has 62 valence electrons. The Morgan fingerprint density at radius 1 is 1.60 bits per heavy atom. The third-order valence-electron chi connectivity index (χ3n) is 0.552. The zero-order chi connectivity index (χ0) is 8.41. The van der Waals surface area contributed by atoms with Gasteiger partial charge in [-0.15, -0.1) is 0 Å². The van der Waals surface area contributed by atoms with E-state index in [0.29, 0.717) is 6.61 Å². The Hall–Kier alpha value is -0.610. The molecular formula is C6H16N2O2. The average molecular weight is 148 g/mol. The van der Waals surface area contributed by atoms with Gasteiger partial charge in [-0.3, -0.25) is 16.1 Å². The normalized spacial score (nSPS) is 7.60. The van der Waals surface area contributed by atoms with Crippen molar-refractivity contribution < 1.29 is 9.53 Å². The van der Waals surface area contributed by atoms with Crippen LogP contribution in [0.25, 0.3) is 0 Å². The molecule has 0 aliphatic heterocycles. The second kappa shape index (κ2) is 11.2. The van der Waals surface area contributed by atoms with Crippen molar-refractivity contribution in [1.82, 2.24) is 5.43 Å². The van der Waals surface area contributed by atoms with Crippen LogP contribution in [-0.2, 0) is 9.53 Å². The summed E-state index contributed by atoms with van der Waals surface area (Å²) >= 11 is 0. The molecule has 0 fully saturated rings. The zero-order valence-corrected chi connectivity index (χ0v) is 6.81. The van der Waals surface area contributed by atoms with Crippen molar-refractivity contribution in [2.45, 2.75) is 20.8 Å². The van der Waals surface area contributed by atoms with E-state index in [-0.39, 0.29) is 5.97 Å². The molecule has 0 spiro atoms. The van der Waals surface area contributed by atoms with E-state index in [9.17, 15) is 4.79 Å². The molecule has 0 aliphatic carbocycles. The Bertz CT molecular complexity index is 74.1. The molecule has 0 saturated heterocycles. The monoisotopic (exact) mass is 148 g/mol. The summed E-state index contributed by atoms with van der Waals surface area (Å²) in [6.07, 6.45) is 0. The predicted octanol–water partition coefficient (Wildman–Crippen LogP) is 0.0390. The summed E-state index contributed by atoms with van der Waals surface area (Å²) in [6, 6.07) is 0. The minimum Gasteiger partial charge on any atom is -0.466 e. The lowest BCUT2D eigenvalue weighted by Gasteiger charge is -1.89. The average Bonchev–Trinajstić information content (AvgIpc) is 1.89. The van der Waals surface area contributed by atoms with E-state index in [1.807, 2.05) is 6.92 Å². The van der Waals surface area contributed by atoms with Crippen molar-refractivity contribution in [3.8, 4) is 0 Å². The maximum absolute atomic E-state index is 9.82. The molecule has 0 saturated carbocycles. The van der Waals surface area contributed by atoms with Crippen molar-refractivity contribution in [1.29, 1.82) is 0 Å². The van der Waals surface area contributed by atoms with Crippen molar-refractivity contribution in [2.24, 2.45) is 5.84 Å². The van der Waals surface area contributed by atoms with Crippen molar-refractivity contribution >= 4 is 5.97 Å². The molecule has 4 nitrogen and oxygen atoms in total. The SMILES string of the molecule is CCNN.CCOC(C)=O. The first-order valence-electron chi connectivity index (χ1n) is 3.25. The highest BCUT2D eigenvalue weighted by Gasteiger charge is 1.81. The van der Waals surface area contributed by atoms with Crippen LogP contribution in [0, 0.1) is 0 Å². The minimum atomic E-state index is -0.211. The van der Waals surface area contributed by atoms with Gasteiger partial charge in [-0.2, -0.15) is 0 Å². The molecule has 0 bridgehead atoms. The zero-order valence-electron chi connectivity index (χ0n) is 6.81. The van der Waals surface area contributed by atoms with Gasteiger partial charge >= 0.3 is 5.97 Å². The lowest BCUT2D eigenvalue weighted by atomic mass is 10.8. The topological polar surface area (TPSA) is 64.3 Å². The van der Waals surface area contributed by atoms with E-state index < -0.39 is 0 Å². The van der Waals surface area contributed by atoms with Gasteiger partial charge in [0.2, 0.25) is 0 Å². The van der Waals surface area contributed by atoms with Crippen LogP contribution in [0.3, 0.4) is 0 Å². The highest BCUT2D eigenvalue weighted by molar-refractivity contribution is 5.65. The fourth-order valence-electron chi connectivity index (χ4n) is 0.203. The third kappa shape index (κ3) is 26.3. The molecule has 4 heteroatoms. The molecule has 0 radical (unpaired) electrons. The van der Waals surface area contributed by atoms with E-state index in [1.54, 1.807) is 6.92 Å².